The van der Waals surface area contributed by atoms with Crippen LogP contribution in [0.4, 0.5) is 0 Å². The van der Waals surface area contributed by atoms with Crippen LogP contribution in [-0.4, -0.2) is 5.78 Å². The van der Waals surface area contributed by atoms with Crippen molar-refractivity contribution in [1.29, 1.82) is 0 Å². The summed E-state index contributed by atoms with van der Waals surface area (Å²) in [6, 6.07) is 6.20. The van der Waals surface area contributed by atoms with Crippen LogP contribution in [0.1, 0.15) is 54.6 Å². The van der Waals surface area contributed by atoms with E-state index in [4.69, 9.17) is 0 Å². The third-order valence-electron chi connectivity index (χ3n) is 3.48. The van der Waals surface area contributed by atoms with Crippen molar-refractivity contribution < 1.29 is 4.79 Å². The predicted molar refractivity (Wildman–Crippen MR) is 62.3 cm³/mol. The summed E-state index contributed by atoms with van der Waals surface area (Å²) in [5, 5.41) is 0. The number of hydrogen-bond acceptors (Lipinski definition) is 1. The maximum atomic E-state index is 11.3. The maximum absolute atomic E-state index is 11.3. The first-order valence-electron chi connectivity index (χ1n) is 5.73. The van der Waals surface area contributed by atoms with Crippen molar-refractivity contribution in [1.82, 2.24) is 0 Å². The molecule has 80 valence electrons. The molecule has 0 N–H and O–H groups in total. The van der Waals surface area contributed by atoms with Crippen LogP contribution in [0, 0.1) is 5.92 Å². The monoisotopic (exact) mass is 202 g/mol. The molecule has 0 saturated carbocycles. The highest BCUT2D eigenvalue weighted by Gasteiger charge is 2.25. The van der Waals surface area contributed by atoms with Crippen LogP contribution < -0.4 is 0 Å². The third kappa shape index (κ3) is 1.83. The van der Waals surface area contributed by atoms with E-state index in [-0.39, 0.29) is 5.78 Å². The molecule has 1 atom stereocenters. The highest BCUT2D eigenvalue weighted by Crippen LogP contribution is 2.38. The fraction of sp³-hybridized carbons (Fsp3) is 0.500. The van der Waals surface area contributed by atoms with Crippen molar-refractivity contribution in [3.63, 3.8) is 0 Å². The van der Waals surface area contributed by atoms with Gasteiger partial charge in [0.1, 0.15) is 0 Å². The third-order valence-corrected chi connectivity index (χ3v) is 3.48. The lowest BCUT2D eigenvalue weighted by molar-refractivity contribution is 0.101. The Morgan fingerprint density at radius 2 is 2.13 bits per heavy atom. The molecule has 1 heteroatoms. The van der Waals surface area contributed by atoms with Gasteiger partial charge in [-0.3, -0.25) is 4.79 Å². The largest absolute Gasteiger partial charge is 0.295 e. The first-order valence-corrected chi connectivity index (χ1v) is 5.73. The van der Waals surface area contributed by atoms with Crippen LogP contribution in [0.5, 0.6) is 0 Å². The molecule has 0 bridgehead atoms. The maximum Gasteiger partial charge on any atom is 0.159 e. The number of carbonyl (C=O) groups is 1. The van der Waals surface area contributed by atoms with Gasteiger partial charge in [-0.2, -0.15) is 0 Å². The Morgan fingerprint density at radius 1 is 1.40 bits per heavy atom. The fourth-order valence-corrected chi connectivity index (χ4v) is 2.55. The quantitative estimate of drug-likeness (QED) is 0.670. The number of Topliss-reactive ketones (excluding diaryl/α,β-unsaturated/α-hetero) is 1. The van der Waals surface area contributed by atoms with Crippen molar-refractivity contribution in [2.24, 2.45) is 5.92 Å². The average Bonchev–Trinajstić information content (AvgIpc) is 2.59. The molecule has 0 heterocycles. The number of hydrogen-bond donors (Lipinski definition) is 0. The van der Waals surface area contributed by atoms with Crippen LogP contribution in [0.3, 0.4) is 0 Å². The van der Waals surface area contributed by atoms with E-state index in [0.29, 0.717) is 11.8 Å². The first-order chi connectivity index (χ1) is 7.09. The van der Waals surface area contributed by atoms with Crippen molar-refractivity contribution in [3.05, 3.63) is 34.9 Å². The fourth-order valence-electron chi connectivity index (χ4n) is 2.55. The molecule has 0 spiro atoms. The van der Waals surface area contributed by atoms with E-state index in [1.807, 2.05) is 6.07 Å². The van der Waals surface area contributed by atoms with Gasteiger partial charge in [-0.05, 0) is 48.8 Å². The number of benzene rings is 1. The molecule has 1 aromatic carbocycles. The van der Waals surface area contributed by atoms with Gasteiger partial charge in [-0.15, -0.1) is 0 Å². The molecule has 0 aromatic heterocycles. The highest BCUT2D eigenvalue weighted by atomic mass is 16.1. The molecule has 1 aromatic rings. The molecule has 1 aliphatic carbocycles. The minimum Gasteiger partial charge on any atom is -0.295 e. The zero-order chi connectivity index (χ0) is 11.0. The summed E-state index contributed by atoms with van der Waals surface area (Å²) in [4.78, 5) is 11.3. The molecular weight excluding hydrogens is 184 g/mol. The van der Waals surface area contributed by atoms with E-state index in [9.17, 15) is 4.79 Å². The molecule has 0 amide bonds. The van der Waals surface area contributed by atoms with Crippen LogP contribution in [-0.2, 0) is 6.42 Å². The standard InChI is InChI=1S/C14H18O/c1-9(2)13-7-6-11-4-5-12(10(3)15)8-14(11)13/h4-5,8-9,13H,6-7H2,1-3H3. The topological polar surface area (TPSA) is 17.1 Å². The second-order valence-electron chi connectivity index (χ2n) is 4.86. The first kappa shape index (κ1) is 10.4. The molecule has 2 rings (SSSR count). The SMILES string of the molecule is CC(=O)c1ccc2c(c1)C(C(C)C)CC2. The smallest absolute Gasteiger partial charge is 0.159 e. The van der Waals surface area contributed by atoms with Gasteiger partial charge in [0.2, 0.25) is 0 Å². The Labute approximate surface area is 91.5 Å². The van der Waals surface area contributed by atoms with Gasteiger partial charge in [-0.25, -0.2) is 0 Å². The number of aryl methyl sites for hydroxylation is 1. The zero-order valence-electron chi connectivity index (χ0n) is 9.71. The van der Waals surface area contributed by atoms with Crippen molar-refractivity contribution in [2.45, 2.75) is 39.5 Å². The van der Waals surface area contributed by atoms with E-state index in [1.165, 1.54) is 24.0 Å². The summed E-state index contributed by atoms with van der Waals surface area (Å²) in [6.07, 6.45) is 2.42. The van der Waals surface area contributed by atoms with Gasteiger partial charge in [-0.1, -0.05) is 26.0 Å². The van der Waals surface area contributed by atoms with E-state index in [2.05, 4.69) is 26.0 Å². The van der Waals surface area contributed by atoms with Gasteiger partial charge < -0.3 is 0 Å². The Hall–Kier alpha value is -1.11. The molecule has 0 radical (unpaired) electrons. The van der Waals surface area contributed by atoms with Crippen LogP contribution in [0.25, 0.3) is 0 Å². The second kappa shape index (κ2) is 3.80. The molecule has 1 nitrogen and oxygen atoms in total. The Bertz CT molecular complexity index is 390. The minimum atomic E-state index is 0.173. The summed E-state index contributed by atoms with van der Waals surface area (Å²) in [5.74, 6) is 1.50. The Morgan fingerprint density at radius 3 is 2.73 bits per heavy atom. The van der Waals surface area contributed by atoms with Gasteiger partial charge in [0.25, 0.3) is 0 Å². The molecule has 0 saturated heterocycles. The number of rotatable bonds is 2. The molecule has 1 aliphatic rings. The summed E-state index contributed by atoms with van der Waals surface area (Å²) in [6.45, 7) is 6.17. The lowest BCUT2D eigenvalue weighted by Crippen LogP contribution is -2.03. The van der Waals surface area contributed by atoms with Crippen LogP contribution in [0.15, 0.2) is 18.2 Å². The molecule has 0 aliphatic heterocycles. The van der Waals surface area contributed by atoms with Crippen LogP contribution in [0.2, 0.25) is 0 Å². The summed E-state index contributed by atoms with van der Waals surface area (Å²) in [7, 11) is 0. The van der Waals surface area contributed by atoms with Gasteiger partial charge in [0, 0.05) is 5.56 Å². The van der Waals surface area contributed by atoms with Crippen molar-refractivity contribution >= 4 is 5.78 Å². The number of fused-ring (bicyclic) bond motifs is 1. The molecule has 1 unspecified atom stereocenters. The van der Waals surface area contributed by atoms with Gasteiger partial charge >= 0.3 is 0 Å². The average molecular weight is 202 g/mol. The summed E-state index contributed by atoms with van der Waals surface area (Å²) >= 11 is 0. The van der Waals surface area contributed by atoms with E-state index < -0.39 is 0 Å². The summed E-state index contributed by atoms with van der Waals surface area (Å²) < 4.78 is 0. The van der Waals surface area contributed by atoms with Gasteiger partial charge in [0.05, 0.1) is 0 Å². The molecule has 0 fully saturated rings. The van der Waals surface area contributed by atoms with E-state index in [0.717, 1.165) is 5.56 Å². The Kier molecular flexibility index (Phi) is 2.64. The van der Waals surface area contributed by atoms with Crippen molar-refractivity contribution in [3.8, 4) is 0 Å². The molecule has 15 heavy (non-hydrogen) atoms. The summed E-state index contributed by atoms with van der Waals surface area (Å²) in [5.41, 5.74) is 3.72. The number of ketones is 1. The highest BCUT2D eigenvalue weighted by molar-refractivity contribution is 5.94. The lowest BCUT2D eigenvalue weighted by atomic mass is 9.89. The minimum absolute atomic E-state index is 0.173. The lowest BCUT2D eigenvalue weighted by Gasteiger charge is -2.16. The van der Waals surface area contributed by atoms with E-state index >= 15 is 0 Å². The zero-order valence-corrected chi connectivity index (χ0v) is 9.71. The normalized spacial score (nSPS) is 19.3. The van der Waals surface area contributed by atoms with Crippen molar-refractivity contribution in [2.75, 3.05) is 0 Å². The number of carbonyl (C=O) groups excluding carboxylic acids is 1. The van der Waals surface area contributed by atoms with Crippen LogP contribution >= 0.6 is 0 Å². The Balaban J connectivity index is 2.42. The van der Waals surface area contributed by atoms with E-state index in [1.54, 1.807) is 6.92 Å². The predicted octanol–water partition coefficient (Wildman–Crippen LogP) is 3.58. The second-order valence-corrected chi connectivity index (χ2v) is 4.86. The molecular formula is C14H18O. The van der Waals surface area contributed by atoms with Gasteiger partial charge in [0.15, 0.2) is 5.78 Å².